The molecule has 0 unspecified atom stereocenters. The van der Waals surface area contributed by atoms with Gasteiger partial charge in [-0.05, 0) is 30.3 Å². The van der Waals surface area contributed by atoms with E-state index in [-0.39, 0.29) is 11.6 Å². The number of aromatic nitrogens is 4. The van der Waals surface area contributed by atoms with E-state index in [1.165, 1.54) is 18.6 Å². The average Bonchev–Trinajstić information content (AvgIpc) is 3.07. The Hall–Kier alpha value is -3.54. The summed E-state index contributed by atoms with van der Waals surface area (Å²) < 4.78 is 1.86. The summed E-state index contributed by atoms with van der Waals surface area (Å²) in [5, 5.41) is 8.29. The summed E-state index contributed by atoms with van der Waals surface area (Å²) in [6, 6.07) is 15.5. The van der Waals surface area contributed by atoms with Gasteiger partial charge in [-0.25, -0.2) is 9.67 Å². The molecule has 0 saturated heterocycles. The van der Waals surface area contributed by atoms with Crippen LogP contribution in [0.1, 0.15) is 10.5 Å². The van der Waals surface area contributed by atoms with Gasteiger partial charge in [0.05, 0.1) is 23.6 Å². The highest BCUT2D eigenvalue weighted by atomic mass is 16.1. The van der Waals surface area contributed by atoms with Crippen LogP contribution in [0, 0.1) is 0 Å². The fourth-order valence-electron chi connectivity index (χ4n) is 2.47. The van der Waals surface area contributed by atoms with Gasteiger partial charge in [-0.15, -0.1) is 0 Å². The Balaban J connectivity index is 1.58. The molecule has 6 heteroatoms. The number of nitrogens with zero attached hydrogens (tertiary/aromatic N) is 4. The third kappa shape index (κ3) is 2.61. The van der Waals surface area contributed by atoms with E-state index in [9.17, 15) is 4.79 Å². The second kappa shape index (κ2) is 5.92. The van der Waals surface area contributed by atoms with Crippen LogP contribution in [0.2, 0.25) is 0 Å². The number of benzene rings is 2. The SMILES string of the molecule is O=C(Nc1ccc(-n2ncc3ccccc32)cc1)c1cnccn1. The molecule has 6 nitrogen and oxygen atoms in total. The zero-order valence-corrected chi connectivity index (χ0v) is 12.6. The van der Waals surface area contributed by atoms with Crippen LogP contribution in [0.15, 0.2) is 73.3 Å². The van der Waals surface area contributed by atoms with Crippen LogP contribution in [0.25, 0.3) is 16.6 Å². The van der Waals surface area contributed by atoms with Crippen LogP contribution in [0.5, 0.6) is 0 Å². The zero-order valence-electron chi connectivity index (χ0n) is 12.6. The zero-order chi connectivity index (χ0) is 16.4. The van der Waals surface area contributed by atoms with Crippen molar-refractivity contribution in [3.63, 3.8) is 0 Å². The van der Waals surface area contributed by atoms with E-state index in [0.717, 1.165) is 16.6 Å². The van der Waals surface area contributed by atoms with Crippen molar-refractivity contribution in [1.82, 2.24) is 19.7 Å². The molecule has 116 valence electrons. The van der Waals surface area contributed by atoms with Gasteiger partial charge in [-0.2, -0.15) is 5.10 Å². The number of hydrogen-bond acceptors (Lipinski definition) is 4. The van der Waals surface area contributed by atoms with Crippen molar-refractivity contribution >= 4 is 22.5 Å². The second-order valence-electron chi connectivity index (χ2n) is 5.21. The van der Waals surface area contributed by atoms with E-state index < -0.39 is 0 Å². The topological polar surface area (TPSA) is 72.7 Å². The van der Waals surface area contributed by atoms with Gasteiger partial charge < -0.3 is 5.32 Å². The van der Waals surface area contributed by atoms with Crippen molar-refractivity contribution in [1.29, 1.82) is 0 Å². The normalized spacial score (nSPS) is 10.7. The molecule has 0 saturated carbocycles. The molecular formula is C18H13N5O. The van der Waals surface area contributed by atoms with Gasteiger partial charge in [0.2, 0.25) is 0 Å². The van der Waals surface area contributed by atoms with Crippen molar-refractivity contribution in [2.45, 2.75) is 0 Å². The summed E-state index contributed by atoms with van der Waals surface area (Å²) in [5.74, 6) is -0.291. The highest BCUT2D eigenvalue weighted by Gasteiger charge is 2.08. The van der Waals surface area contributed by atoms with E-state index in [1.54, 1.807) is 0 Å². The molecule has 1 amide bonds. The summed E-state index contributed by atoms with van der Waals surface area (Å²) in [4.78, 5) is 19.9. The first kappa shape index (κ1) is 14.1. The molecule has 0 bridgehead atoms. The van der Waals surface area contributed by atoms with Gasteiger partial charge in [-0.1, -0.05) is 18.2 Å². The Bertz CT molecular complexity index is 993. The van der Waals surface area contributed by atoms with Gasteiger partial charge >= 0.3 is 0 Å². The molecule has 4 aromatic rings. The lowest BCUT2D eigenvalue weighted by Gasteiger charge is -2.07. The summed E-state index contributed by atoms with van der Waals surface area (Å²) in [6.07, 6.45) is 6.28. The Labute approximate surface area is 137 Å². The number of para-hydroxylation sites is 1. The fourth-order valence-corrected chi connectivity index (χ4v) is 2.47. The number of amides is 1. The molecule has 1 N–H and O–H groups in total. The Kier molecular flexibility index (Phi) is 3.47. The molecule has 2 heterocycles. The number of carbonyl (C=O) groups is 1. The molecule has 2 aromatic heterocycles. The minimum absolute atomic E-state index is 0.277. The first-order valence-corrected chi connectivity index (χ1v) is 7.42. The molecular weight excluding hydrogens is 302 g/mol. The molecule has 0 radical (unpaired) electrons. The molecule has 0 atom stereocenters. The Morgan fingerprint density at radius 2 is 1.79 bits per heavy atom. The van der Waals surface area contributed by atoms with Crippen LogP contribution in [-0.2, 0) is 0 Å². The molecule has 4 rings (SSSR count). The summed E-state index contributed by atoms with van der Waals surface area (Å²) in [7, 11) is 0. The van der Waals surface area contributed by atoms with Gasteiger partial charge in [-0.3, -0.25) is 9.78 Å². The van der Waals surface area contributed by atoms with Gasteiger partial charge in [0, 0.05) is 23.5 Å². The summed E-state index contributed by atoms with van der Waals surface area (Å²) in [5.41, 5.74) is 2.92. The van der Waals surface area contributed by atoms with Gasteiger partial charge in [0.25, 0.3) is 5.91 Å². The van der Waals surface area contributed by atoms with E-state index in [0.29, 0.717) is 5.69 Å². The van der Waals surface area contributed by atoms with E-state index in [4.69, 9.17) is 0 Å². The predicted octanol–water partition coefficient (Wildman–Crippen LogP) is 3.07. The van der Waals surface area contributed by atoms with Crippen LogP contribution < -0.4 is 5.32 Å². The van der Waals surface area contributed by atoms with Crippen molar-refractivity contribution in [2.24, 2.45) is 0 Å². The maximum Gasteiger partial charge on any atom is 0.275 e. The molecule has 0 aliphatic rings. The number of anilines is 1. The first-order chi connectivity index (χ1) is 11.8. The van der Waals surface area contributed by atoms with Crippen molar-refractivity contribution in [3.05, 3.63) is 79.0 Å². The number of nitrogens with one attached hydrogen (secondary N) is 1. The molecule has 24 heavy (non-hydrogen) atoms. The van der Waals surface area contributed by atoms with Crippen LogP contribution in [0.4, 0.5) is 5.69 Å². The Morgan fingerprint density at radius 1 is 0.958 bits per heavy atom. The lowest BCUT2D eigenvalue weighted by Crippen LogP contribution is -2.13. The fraction of sp³-hybridized carbons (Fsp3) is 0. The average molecular weight is 315 g/mol. The number of rotatable bonds is 3. The second-order valence-corrected chi connectivity index (χ2v) is 5.21. The largest absolute Gasteiger partial charge is 0.321 e. The smallest absolute Gasteiger partial charge is 0.275 e. The summed E-state index contributed by atoms with van der Waals surface area (Å²) >= 11 is 0. The number of hydrogen-bond donors (Lipinski definition) is 1. The minimum atomic E-state index is -0.291. The monoisotopic (exact) mass is 315 g/mol. The van der Waals surface area contributed by atoms with Crippen LogP contribution in [0.3, 0.4) is 0 Å². The van der Waals surface area contributed by atoms with Crippen molar-refractivity contribution in [3.8, 4) is 5.69 Å². The van der Waals surface area contributed by atoms with Gasteiger partial charge in [0.1, 0.15) is 5.69 Å². The van der Waals surface area contributed by atoms with Crippen LogP contribution >= 0.6 is 0 Å². The maximum atomic E-state index is 12.1. The van der Waals surface area contributed by atoms with Crippen LogP contribution in [-0.4, -0.2) is 25.7 Å². The predicted molar refractivity (Wildman–Crippen MR) is 91.1 cm³/mol. The highest BCUT2D eigenvalue weighted by Crippen LogP contribution is 2.19. The minimum Gasteiger partial charge on any atom is -0.321 e. The van der Waals surface area contributed by atoms with Crippen molar-refractivity contribution < 1.29 is 4.79 Å². The molecule has 2 aromatic carbocycles. The van der Waals surface area contributed by atoms with Gasteiger partial charge in [0.15, 0.2) is 0 Å². The third-order valence-corrected chi connectivity index (χ3v) is 3.64. The molecule has 0 aliphatic carbocycles. The van der Waals surface area contributed by atoms with E-state index in [2.05, 4.69) is 20.4 Å². The summed E-state index contributed by atoms with van der Waals surface area (Å²) in [6.45, 7) is 0. The first-order valence-electron chi connectivity index (χ1n) is 7.42. The van der Waals surface area contributed by atoms with E-state index >= 15 is 0 Å². The van der Waals surface area contributed by atoms with Crippen molar-refractivity contribution in [2.75, 3.05) is 5.32 Å². The maximum absolute atomic E-state index is 12.1. The quantitative estimate of drug-likeness (QED) is 0.630. The third-order valence-electron chi connectivity index (χ3n) is 3.64. The molecule has 0 aliphatic heterocycles. The standard InChI is InChI=1S/C18H13N5O/c24-18(16-12-19-9-10-20-16)22-14-5-7-15(8-6-14)23-17-4-2-1-3-13(17)11-21-23/h1-12H,(H,22,24). The Morgan fingerprint density at radius 3 is 2.58 bits per heavy atom. The molecule has 0 fully saturated rings. The van der Waals surface area contributed by atoms with E-state index in [1.807, 2.05) is 59.4 Å². The number of fused-ring (bicyclic) bond motifs is 1. The lowest BCUT2D eigenvalue weighted by atomic mass is 10.2. The number of carbonyl (C=O) groups excluding carboxylic acids is 1. The molecule has 0 spiro atoms. The highest BCUT2D eigenvalue weighted by molar-refractivity contribution is 6.02. The lowest BCUT2D eigenvalue weighted by molar-refractivity contribution is 0.102.